The predicted octanol–water partition coefficient (Wildman–Crippen LogP) is 3.39. The molecular formula is C18H27IN4O2S. The van der Waals surface area contributed by atoms with E-state index >= 15 is 0 Å². The number of guanidine groups is 1. The summed E-state index contributed by atoms with van der Waals surface area (Å²) < 4.78 is 5.13. The lowest BCUT2D eigenvalue weighted by atomic mass is 10.2. The summed E-state index contributed by atoms with van der Waals surface area (Å²) in [7, 11) is 1.54. The van der Waals surface area contributed by atoms with Crippen molar-refractivity contribution in [3.8, 4) is 11.5 Å². The number of rotatable bonds is 7. The lowest BCUT2D eigenvalue weighted by molar-refractivity contribution is 0.370. The number of phenols is 1. The molecule has 0 bridgehead atoms. The monoisotopic (exact) mass is 490 g/mol. The van der Waals surface area contributed by atoms with Gasteiger partial charge in [0.05, 0.1) is 24.4 Å². The Morgan fingerprint density at radius 1 is 1.31 bits per heavy atom. The number of ether oxygens (including phenoxy) is 1. The van der Waals surface area contributed by atoms with Crippen molar-refractivity contribution in [3.05, 3.63) is 39.3 Å². The van der Waals surface area contributed by atoms with Gasteiger partial charge < -0.3 is 20.5 Å². The Kier molecular flexibility index (Phi) is 9.71. The van der Waals surface area contributed by atoms with Crippen LogP contribution in [0.25, 0.3) is 0 Å². The molecule has 0 aliphatic carbocycles. The standard InChI is InChI=1S/C18H26N4O2S.HI/c1-5-19-18(20-10-9-16-22-12(2)13(3)25-16)21-11-14-7-6-8-15(24-4)17(14)23;/h6-8,23H,5,9-11H2,1-4H3,(H2,19,20,21);1H. The molecule has 0 saturated heterocycles. The van der Waals surface area contributed by atoms with Crippen molar-refractivity contribution in [2.75, 3.05) is 20.2 Å². The molecule has 0 unspecified atom stereocenters. The van der Waals surface area contributed by atoms with Crippen LogP contribution in [-0.2, 0) is 13.0 Å². The third-order valence-electron chi connectivity index (χ3n) is 3.76. The van der Waals surface area contributed by atoms with Gasteiger partial charge in [-0.15, -0.1) is 35.3 Å². The van der Waals surface area contributed by atoms with Crippen LogP contribution in [-0.4, -0.2) is 36.2 Å². The molecule has 6 nitrogen and oxygen atoms in total. The molecule has 0 radical (unpaired) electrons. The molecule has 8 heteroatoms. The van der Waals surface area contributed by atoms with Crippen molar-refractivity contribution in [1.29, 1.82) is 0 Å². The Bertz CT molecular complexity index is 714. The van der Waals surface area contributed by atoms with E-state index in [9.17, 15) is 5.11 Å². The number of aliphatic imine (C=N–C) groups is 1. The Hall–Kier alpha value is -1.55. The second-order valence-electron chi connectivity index (χ2n) is 5.59. The molecule has 0 fully saturated rings. The number of halogens is 1. The summed E-state index contributed by atoms with van der Waals surface area (Å²) in [6.07, 6.45) is 0.855. The quantitative estimate of drug-likeness (QED) is 0.315. The number of hydrogen-bond donors (Lipinski definition) is 3. The summed E-state index contributed by atoms with van der Waals surface area (Å²) in [6, 6.07) is 5.41. The first-order valence-electron chi connectivity index (χ1n) is 8.35. The number of phenolic OH excluding ortho intramolecular Hbond substituents is 1. The fourth-order valence-electron chi connectivity index (χ4n) is 2.30. The Morgan fingerprint density at radius 3 is 2.69 bits per heavy atom. The number of benzene rings is 1. The maximum Gasteiger partial charge on any atom is 0.191 e. The molecule has 0 aliphatic heterocycles. The molecule has 1 aromatic heterocycles. The van der Waals surface area contributed by atoms with Crippen LogP contribution in [0.5, 0.6) is 11.5 Å². The molecular weight excluding hydrogens is 463 g/mol. The van der Waals surface area contributed by atoms with Crippen LogP contribution in [0.3, 0.4) is 0 Å². The van der Waals surface area contributed by atoms with Crippen molar-refractivity contribution in [2.24, 2.45) is 4.99 Å². The maximum absolute atomic E-state index is 10.1. The van der Waals surface area contributed by atoms with Gasteiger partial charge in [0.25, 0.3) is 0 Å². The lowest BCUT2D eigenvalue weighted by Gasteiger charge is -2.11. The van der Waals surface area contributed by atoms with E-state index in [0.717, 1.165) is 41.7 Å². The van der Waals surface area contributed by atoms with Gasteiger partial charge in [0.15, 0.2) is 17.5 Å². The summed E-state index contributed by atoms with van der Waals surface area (Å²) >= 11 is 1.74. The van der Waals surface area contributed by atoms with Gasteiger partial charge in [-0.1, -0.05) is 12.1 Å². The van der Waals surface area contributed by atoms with E-state index in [-0.39, 0.29) is 29.7 Å². The van der Waals surface area contributed by atoms with Crippen molar-refractivity contribution in [1.82, 2.24) is 15.6 Å². The van der Waals surface area contributed by atoms with Gasteiger partial charge in [-0.3, -0.25) is 0 Å². The number of nitrogens with one attached hydrogen (secondary N) is 2. The maximum atomic E-state index is 10.1. The van der Waals surface area contributed by atoms with Crippen LogP contribution in [0.15, 0.2) is 23.2 Å². The second-order valence-corrected chi connectivity index (χ2v) is 6.88. The first-order chi connectivity index (χ1) is 12.0. The Labute approximate surface area is 176 Å². The fraction of sp³-hybridized carbons (Fsp3) is 0.444. The van der Waals surface area contributed by atoms with Gasteiger partial charge >= 0.3 is 0 Å². The normalized spacial score (nSPS) is 11.0. The molecule has 2 aromatic rings. The highest BCUT2D eigenvalue weighted by molar-refractivity contribution is 14.0. The predicted molar refractivity (Wildman–Crippen MR) is 118 cm³/mol. The van der Waals surface area contributed by atoms with E-state index in [1.165, 1.54) is 12.0 Å². The van der Waals surface area contributed by atoms with Crippen molar-refractivity contribution >= 4 is 41.3 Å². The van der Waals surface area contributed by atoms with E-state index in [4.69, 9.17) is 4.74 Å². The molecule has 144 valence electrons. The molecule has 0 amide bonds. The largest absolute Gasteiger partial charge is 0.504 e. The van der Waals surface area contributed by atoms with Crippen LogP contribution in [0.1, 0.15) is 28.1 Å². The van der Waals surface area contributed by atoms with Crippen LogP contribution >= 0.6 is 35.3 Å². The fourth-order valence-corrected chi connectivity index (χ4v) is 3.23. The highest BCUT2D eigenvalue weighted by atomic mass is 127. The van der Waals surface area contributed by atoms with Gasteiger partial charge in [0, 0.05) is 30.0 Å². The summed E-state index contributed by atoms with van der Waals surface area (Å²) in [6.45, 7) is 8.04. The number of nitrogens with zero attached hydrogens (tertiary/aromatic N) is 2. The molecule has 1 heterocycles. The lowest BCUT2D eigenvalue weighted by Crippen LogP contribution is -2.38. The molecule has 2 rings (SSSR count). The summed E-state index contributed by atoms with van der Waals surface area (Å²) in [4.78, 5) is 10.4. The van der Waals surface area contributed by atoms with Crippen molar-refractivity contribution in [3.63, 3.8) is 0 Å². The van der Waals surface area contributed by atoms with Gasteiger partial charge in [0.2, 0.25) is 0 Å². The zero-order chi connectivity index (χ0) is 18.2. The Balaban J connectivity index is 0.00000338. The average Bonchev–Trinajstić information content (AvgIpc) is 2.91. The summed E-state index contributed by atoms with van der Waals surface area (Å²) in [5.74, 6) is 1.31. The zero-order valence-electron chi connectivity index (χ0n) is 15.6. The van der Waals surface area contributed by atoms with Crippen LogP contribution < -0.4 is 15.4 Å². The Morgan fingerprint density at radius 2 is 2.08 bits per heavy atom. The van der Waals surface area contributed by atoms with Gasteiger partial charge in [-0.2, -0.15) is 0 Å². The minimum atomic E-state index is 0. The minimum Gasteiger partial charge on any atom is -0.504 e. The number of para-hydroxylation sites is 1. The van der Waals surface area contributed by atoms with Gasteiger partial charge in [0.1, 0.15) is 0 Å². The number of thiazole rings is 1. The number of aryl methyl sites for hydroxylation is 2. The van der Waals surface area contributed by atoms with E-state index < -0.39 is 0 Å². The number of methoxy groups -OCH3 is 1. The molecule has 1 aromatic carbocycles. The van der Waals surface area contributed by atoms with Gasteiger partial charge in [-0.05, 0) is 26.8 Å². The van der Waals surface area contributed by atoms with Crippen LogP contribution in [0, 0.1) is 13.8 Å². The van der Waals surface area contributed by atoms with Crippen molar-refractivity contribution < 1.29 is 9.84 Å². The third kappa shape index (κ3) is 6.31. The first-order valence-corrected chi connectivity index (χ1v) is 9.16. The highest BCUT2D eigenvalue weighted by Crippen LogP contribution is 2.29. The zero-order valence-corrected chi connectivity index (χ0v) is 18.8. The molecule has 0 aliphatic rings. The molecule has 0 spiro atoms. The molecule has 26 heavy (non-hydrogen) atoms. The topological polar surface area (TPSA) is 78.8 Å². The van der Waals surface area contributed by atoms with E-state index in [0.29, 0.717) is 12.3 Å². The number of aromatic nitrogens is 1. The summed E-state index contributed by atoms with van der Waals surface area (Å²) in [5, 5.41) is 17.8. The SMILES string of the molecule is CCNC(=NCc1cccc(OC)c1O)NCCc1nc(C)c(C)s1.I. The van der Waals surface area contributed by atoms with E-state index in [1.54, 1.807) is 17.4 Å². The molecule has 0 atom stereocenters. The second kappa shape index (κ2) is 11.2. The molecule has 0 saturated carbocycles. The van der Waals surface area contributed by atoms with Crippen LogP contribution in [0.4, 0.5) is 0 Å². The molecule has 3 N–H and O–H groups in total. The van der Waals surface area contributed by atoms with Gasteiger partial charge in [-0.25, -0.2) is 9.98 Å². The number of hydrogen-bond acceptors (Lipinski definition) is 5. The third-order valence-corrected chi connectivity index (χ3v) is 4.89. The summed E-state index contributed by atoms with van der Waals surface area (Å²) in [5.41, 5.74) is 1.83. The first kappa shape index (κ1) is 22.5. The highest BCUT2D eigenvalue weighted by Gasteiger charge is 2.08. The average molecular weight is 490 g/mol. The van der Waals surface area contributed by atoms with E-state index in [2.05, 4.69) is 27.5 Å². The van der Waals surface area contributed by atoms with Crippen LogP contribution in [0.2, 0.25) is 0 Å². The van der Waals surface area contributed by atoms with E-state index in [1.807, 2.05) is 26.0 Å². The number of aromatic hydroxyl groups is 1. The van der Waals surface area contributed by atoms with Crippen molar-refractivity contribution in [2.45, 2.75) is 33.7 Å². The minimum absolute atomic E-state index is 0. The smallest absolute Gasteiger partial charge is 0.191 e.